The van der Waals surface area contributed by atoms with Crippen LogP contribution in [0.25, 0.3) is 17.0 Å². The van der Waals surface area contributed by atoms with Gasteiger partial charge in [-0.3, -0.25) is 4.79 Å². The van der Waals surface area contributed by atoms with Crippen molar-refractivity contribution in [3.05, 3.63) is 71.9 Å². The average Bonchev–Trinajstić information content (AvgIpc) is 2.59. The van der Waals surface area contributed by atoms with Crippen LogP contribution in [0, 0.1) is 0 Å². The van der Waals surface area contributed by atoms with Crippen molar-refractivity contribution in [3.8, 4) is 11.5 Å². The van der Waals surface area contributed by atoms with E-state index in [2.05, 4.69) is 4.98 Å². The molecule has 0 atom stereocenters. The highest BCUT2D eigenvalue weighted by Crippen LogP contribution is 2.20. The second kappa shape index (κ2) is 6.32. The van der Waals surface area contributed by atoms with E-state index < -0.39 is 0 Å². The Kier molecular flexibility index (Phi) is 4.06. The Labute approximate surface area is 133 Å². The second-order valence-electron chi connectivity index (χ2n) is 5.04. The number of ketones is 1. The number of phenolic OH excluding ortho intramolecular Hbond substituents is 1. The van der Waals surface area contributed by atoms with Gasteiger partial charge in [-0.1, -0.05) is 18.2 Å². The van der Waals surface area contributed by atoms with Gasteiger partial charge in [0.15, 0.2) is 5.78 Å². The molecule has 3 rings (SSSR count). The topological polar surface area (TPSA) is 59.4 Å². The van der Waals surface area contributed by atoms with Gasteiger partial charge in [0.1, 0.15) is 11.5 Å². The minimum Gasteiger partial charge on any atom is -0.508 e. The Morgan fingerprint density at radius 2 is 2.00 bits per heavy atom. The van der Waals surface area contributed by atoms with Crippen LogP contribution in [-0.2, 0) is 0 Å². The number of allylic oxidation sites excluding steroid dienone is 1. The Bertz CT molecular complexity index is 900. The molecule has 0 saturated heterocycles. The number of hydrogen-bond acceptors (Lipinski definition) is 4. The van der Waals surface area contributed by atoms with E-state index in [9.17, 15) is 9.90 Å². The Balaban J connectivity index is 1.84. The quantitative estimate of drug-likeness (QED) is 0.587. The zero-order valence-corrected chi connectivity index (χ0v) is 12.6. The average molecular weight is 305 g/mol. The first kappa shape index (κ1) is 14.8. The zero-order chi connectivity index (χ0) is 16.2. The predicted octanol–water partition coefficient (Wildman–Crippen LogP) is 3.85. The van der Waals surface area contributed by atoms with Crippen LogP contribution in [0.5, 0.6) is 11.5 Å². The molecule has 0 aliphatic carbocycles. The van der Waals surface area contributed by atoms with Gasteiger partial charge in [0.05, 0.1) is 18.3 Å². The molecule has 4 heteroatoms. The molecule has 23 heavy (non-hydrogen) atoms. The van der Waals surface area contributed by atoms with Crippen molar-refractivity contribution in [3.63, 3.8) is 0 Å². The summed E-state index contributed by atoms with van der Waals surface area (Å²) in [6.07, 6.45) is 3.11. The molecule has 0 radical (unpaired) electrons. The van der Waals surface area contributed by atoms with Gasteiger partial charge < -0.3 is 9.84 Å². The van der Waals surface area contributed by atoms with Crippen LogP contribution >= 0.6 is 0 Å². The molecule has 4 nitrogen and oxygen atoms in total. The highest BCUT2D eigenvalue weighted by Gasteiger charge is 2.03. The molecule has 0 aliphatic heterocycles. The van der Waals surface area contributed by atoms with Gasteiger partial charge in [0, 0.05) is 10.9 Å². The molecular weight excluding hydrogens is 290 g/mol. The first-order chi connectivity index (χ1) is 11.2. The Hall–Kier alpha value is -3.14. The molecule has 0 amide bonds. The maximum absolute atomic E-state index is 12.1. The minimum atomic E-state index is -0.183. The fourth-order valence-corrected chi connectivity index (χ4v) is 2.26. The van der Waals surface area contributed by atoms with Crippen LogP contribution in [0.2, 0.25) is 0 Å². The highest BCUT2D eigenvalue weighted by molar-refractivity contribution is 6.07. The molecule has 1 heterocycles. The van der Waals surface area contributed by atoms with Gasteiger partial charge in [-0.05, 0) is 48.6 Å². The molecule has 2 aromatic carbocycles. The summed E-state index contributed by atoms with van der Waals surface area (Å²) in [4.78, 5) is 16.6. The Morgan fingerprint density at radius 3 is 2.78 bits per heavy atom. The molecule has 0 aliphatic rings. The van der Waals surface area contributed by atoms with Crippen molar-refractivity contribution in [2.75, 3.05) is 7.11 Å². The summed E-state index contributed by atoms with van der Waals surface area (Å²) in [7, 11) is 1.62. The van der Waals surface area contributed by atoms with Crippen LogP contribution < -0.4 is 4.74 Å². The van der Waals surface area contributed by atoms with Crippen molar-refractivity contribution in [2.24, 2.45) is 0 Å². The third kappa shape index (κ3) is 3.37. The number of phenols is 1. The van der Waals surface area contributed by atoms with Crippen LogP contribution in [-0.4, -0.2) is 23.0 Å². The van der Waals surface area contributed by atoms with E-state index in [1.165, 1.54) is 18.2 Å². The molecule has 0 saturated carbocycles. The molecule has 0 bridgehead atoms. The van der Waals surface area contributed by atoms with Crippen LogP contribution in [0.4, 0.5) is 0 Å². The van der Waals surface area contributed by atoms with E-state index in [1.807, 2.05) is 30.3 Å². The molecular formula is C19H15NO3. The van der Waals surface area contributed by atoms with Crippen LogP contribution in [0.15, 0.2) is 60.7 Å². The summed E-state index contributed by atoms with van der Waals surface area (Å²) in [5.74, 6) is 0.668. The number of carbonyl (C=O) groups excluding carboxylic acids is 1. The SMILES string of the molecule is COc1ccc2nc(/C=C/C(=O)c3cccc(O)c3)ccc2c1. The number of carbonyl (C=O) groups is 1. The van der Waals surface area contributed by atoms with E-state index >= 15 is 0 Å². The first-order valence-corrected chi connectivity index (χ1v) is 7.12. The molecule has 0 spiro atoms. The van der Waals surface area contributed by atoms with Gasteiger partial charge in [0.2, 0.25) is 0 Å². The largest absolute Gasteiger partial charge is 0.508 e. The number of nitrogens with zero attached hydrogens (tertiary/aromatic N) is 1. The fourth-order valence-electron chi connectivity index (χ4n) is 2.26. The maximum atomic E-state index is 12.1. The zero-order valence-electron chi connectivity index (χ0n) is 12.6. The van der Waals surface area contributed by atoms with E-state index in [0.717, 1.165) is 16.7 Å². The van der Waals surface area contributed by atoms with E-state index in [0.29, 0.717) is 11.3 Å². The predicted molar refractivity (Wildman–Crippen MR) is 89.8 cm³/mol. The van der Waals surface area contributed by atoms with Crippen molar-refractivity contribution >= 4 is 22.8 Å². The Morgan fingerprint density at radius 1 is 1.13 bits per heavy atom. The highest BCUT2D eigenvalue weighted by atomic mass is 16.5. The number of aromatic nitrogens is 1. The van der Waals surface area contributed by atoms with Gasteiger partial charge in [-0.2, -0.15) is 0 Å². The number of ether oxygens (including phenoxy) is 1. The summed E-state index contributed by atoms with van der Waals surface area (Å²) in [6, 6.07) is 15.7. The monoisotopic (exact) mass is 305 g/mol. The molecule has 1 N–H and O–H groups in total. The van der Waals surface area contributed by atoms with Gasteiger partial charge >= 0.3 is 0 Å². The van der Waals surface area contributed by atoms with Crippen molar-refractivity contribution in [2.45, 2.75) is 0 Å². The number of pyridine rings is 1. The summed E-state index contributed by atoms with van der Waals surface area (Å²) in [6.45, 7) is 0. The molecule has 0 unspecified atom stereocenters. The third-order valence-electron chi connectivity index (χ3n) is 3.45. The number of aromatic hydroxyl groups is 1. The van der Waals surface area contributed by atoms with Crippen LogP contribution in [0.1, 0.15) is 16.1 Å². The molecule has 0 fully saturated rings. The second-order valence-corrected chi connectivity index (χ2v) is 5.04. The maximum Gasteiger partial charge on any atom is 0.186 e. The van der Waals surface area contributed by atoms with Crippen LogP contribution in [0.3, 0.4) is 0 Å². The summed E-state index contributed by atoms with van der Waals surface area (Å²) in [5.41, 5.74) is 1.96. The lowest BCUT2D eigenvalue weighted by Crippen LogP contribution is -1.93. The number of rotatable bonds is 4. The van der Waals surface area contributed by atoms with Gasteiger partial charge in [-0.25, -0.2) is 4.98 Å². The number of methoxy groups -OCH3 is 1. The smallest absolute Gasteiger partial charge is 0.186 e. The first-order valence-electron chi connectivity index (χ1n) is 7.12. The third-order valence-corrected chi connectivity index (χ3v) is 3.45. The van der Waals surface area contributed by atoms with Crippen molar-refractivity contribution < 1.29 is 14.6 Å². The minimum absolute atomic E-state index is 0.0713. The van der Waals surface area contributed by atoms with Crippen molar-refractivity contribution in [1.82, 2.24) is 4.98 Å². The molecule has 1 aromatic heterocycles. The summed E-state index contributed by atoms with van der Waals surface area (Å²) < 4.78 is 5.18. The van der Waals surface area contributed by atoms with E-state index in [1.54, 1.807) is 25.3 Å². The molecule has 114 valence electrons. The number of benzene rings is 2. The van der Waals surface area contributed by atoms with Gasteiger partial charge in [-0.15, -0.1) is 0 Å². The molecule has 3 aromatic rings. The van der Waals surface area contributed by atoms with E-state index in [4.69, 9.17) is 4.74 Å². The number of fused-ring (bicyclic) bond motifs is 1. The van der Waals surface area contributed by atoms with Crippen molar-refractivity contribution in [1.29, 1.82) is 0 Å². The summed E-state index contributed by atoms with van der Waals surface area (Å²) in [5, 5.41) is 10.4. The van der Waals surface area contributed by atoms with Gasteiger partial charge in [0.25, 0.3) is 0 Å². The normalized spacial score (nSPS) is 11.0. The lowest BCUT2D eigenvalue weighted by atomic mass is 10.1. The van der Waals surface area contributed by atoms with E-state index in [-0.39, 0.29) is 11.5 Å². The lowest BCUT2D eigenvalue weighted by Gasteiger charge is -2.02. The fraction of sp³-hybridized carbons (Fsp3) is 0.0526. The number of hydrogen-bond donors (Lipinski definition) is 1. The lowest BCUT2D eigenvalue weighted by molar-refractivity contribution is 0.104. The standard InChI is InChI=1S/C19H15NO3/c1-23-17-8-9-18-13(12-17)5-6-15(20-18)7-10-19(22)14-3-2-4-16(21)11-14/h2-12,21H,1H3/b10-7+. The summed E-state index contributed by atoms with van der Waals surface area (Å²) >= 11 is 0.